The predicted molar refractivity (Wildman–Crippen MR) is 164 cm³/mol. The van der Waals surface area contributed by atoms with Crippen LogP contribution >= 0.6 is 11.3 Å². The molecule has 10 nitrogen and oxygen atoms in total. The van der Waals surface area contributed by atoms with Crippen molar-refractivity contribution in [3.8, 4) is 17.3 Å². The first-order valence-corrected chi connectivity index (χ1v) is 15.6. The fourth-order valence-corrected chi connectivity index (χ4v) is 7.32. The quantitative estimate of drug-likeness (QED) is 0.335. The summed E-state index contributed by atoms with van der Waals surface area (Å²) in [7, 11) is 1.79. The molecule has 2 aromatic carbocycles. The number of thiazole rings is 1. The number of anilines is 3. The van der Waals surface area contributed by atoms with Gasteiger partial charge in [-0.05, 0) is 49.2 Å². The van der Waals surface area contributed by atoms with Crippen molar-refractivity contribution in [3.05, 3.63) is 64.2 Å². The number of rotatable bonds is 5. The van der Waals surface area contributed by atoms with Gasteiger partial charge in [-0.1, -0.05) is 11.3 Å². The van der Waals surface area contributed by atoms with E-state index in [9.17, 15) is 24.7 Å². The molecular weight excluding hydrogens is 602 g/mol. The molecule has 0 unspecified atom stereocenters. The Morgan fingerprint density at radius 2 is 1.93 bits per heavy atom. The van der Waals surface area contributed by atoms with E-state index in [1.54, 1.807) is 24.1 Å². The van der Waals surface area contributed by atoms with Gasteiger partial charge in [0.1, 0.15) is 28.0 Å². The van der Waals surface area contributed by atoms with Gasteiger partial charge in [-0.3, -0.25) is 4.79 Å². The van der Waals surface area contributed by atoms with Gasteiger partial charge in [0.2, 0.25) is 0 Å². The van der Waals surface area contributed by atoms with Gasteiger partial charge >= 0.3 is 0 Å². The van der Waals surface area contributed by atoms with Crippen LogP contribution in [0.1, 0.15) is 35.1 Å². The number of aliphatic hydroxyl groups is 2. The van der Waals surface area contributed by atoms with Crippen molar-refractivity contribution in [3.63, 3.8) is 0 Å². The molecule has 2 fully saturated rings. The van der Waals surface area contributed by atoms with Crippen LogP contribution in [0.2, 0.25) is 0 Å². The van der Waals surface area contributed by atoms with Gasteiger partial charge < -0.3 is 29.6 Å². The lowest BCUT2D eigenvalue weighted by Gasteiger charge is -2.38. The Kier molecular flexibility index (Phi) is 7.40. The number of nitrogens with zero attached hydrogens (tertiary/aromatic N) is 6. The van der Waals surface area contributed by atoms with Crippen LogP contribution in [0, 0.1) is 23.0 Å². The van der Waals surface area contributed by atoms with Crippen molar-refractivity contribution >= 4 is 44.7 Å². The summed E-state index contributed by atoms with van der Waals surface area (Å²) in [6.07, 6.45) is 0.412. The Bertz CT molecular complexity index is 1850. The summed E-state index contributed by atoms with van der Waals surface area (Å²) in [5.74, 6) is -1.28. The number of nitriles is 1. The van der Waals surface area contributed by atoms with Crippen molar-refractivity contribution in [2.45, 2.75) is 31.0 Å². The van der Waals surface area contributed by atoms with Crippen LogP contribution in [-0.4, -0.2) is 83.0 Å². The van der Waals surface area contributed by atoms with E-state index in [0.29, 0.717) is 89.3 Å². The molecule has 1 amide bonds. The number of hydrogen-bond acceptors (Lipinski definition) is 10. The monoisotopic (exact) mass is 632 g/mol. The molecular formula is C32H30F2N6O4S. The fourth-order valence-electron chi connectivity index (χ4n) is 6.47. The maximum atomic E-state index is 15.9. The lowest BCUT2D eigenvalue weighted by atomic mass is 10.0. The van der Waals surface area contributed by atoms with Crippen LogP contribution in [0.3, 0.4) is 0 Å². The van der Waals surface area contributed by atoms with Gasteiger partial charge in [0.25, 0.3) is 5.91 Å². The van der Waals surface area contributed by atoms with Gasteiger partial charge in [0, 0.05) is 61.8 Å². The molecule has 45 heavy (non-hydrogen) atoms. The van der Waals surface area contributed by atoms with Crippen molar-refractivity contribution in [2.75, 3.05) is 56.2 Å². The second-order valence-electron chi connectivity index (χ2n) is 11.7. The zero-order valence-electron chi connectivity index (χ0n) is 24.5. The summed E-state index contributed by atoms with van der Waals surface area (Å²) >= 11 is 1.17. The minimum absolute atomic E-state index is 0.00933. The van der Waals surface area contributed by atoms with Gasteiger partial charge in [-0.25, -0.2) is 18.7 Å². The maximum absolute atomic E-state index is 15.9. The number of carbonyl (C=O) groups excluding carboxylic acids is 1. The second-order valence-corrected chi connectivity index (χ2v) is 12.6. The van der Waals surface area contributed by atoms with E-state index < -0.39 is 23.3 Å². The SMILES string of the molecule is CN(c1nc(-c2ccc(F)cc2)c(C#N)s1)c1c2c(nc3c(F)cc(N4CCN(C(=O)[C@@]5(O)CCOC5)CC4)cc13)[C@@H](O)CC2. The topological polar surface area (TPSA) is 126 Å². The largest absolute Gasteiger partial charge is 0.387 e. The number of hydrogen-bond donors (Lipinski definition) is 2. The summed E-state index contributed by atoms with van der Waals surface area (Å²) in [5.41, 5.74) is 2.12. The Morgan fingerprint density at radius 1 is 1.18 bits per heavy atom. The molecule has 1 aliphatic carbocycles. The zero-order valence-corrected chi connectivity index (χ0v) is 25.3. The molecule has 0 bridgehead atoms. The molecule has 2 aliphatic heterocycles. The van der Waals surface area contributed by atoms with Crippen LogP contribution in [0.5, 0.6) is 0 Å². The lowest BCUT2D eigenvalue weighted by Crippen LogP contribution is -2.56. The second kappa shape index (κ2) is 11.3. The Balaban J connectivity index is 1.26. The lowest BCUT2D eigenvalue weighted by molar-refractivity contribution is -0.151. The van der Waals surface area contributed by atoms with Crippen molar-refractivity contribution in [1.29, 1.82) is 5.26 Å². The van der Waals surface area contributed by atoms with Gasteiger partial charge in [-0.15, -0.1) is 0 Å². The van der Waals surface area contributed by atoms with Crippen LogP contribution in [-0.2, 0) is 16.0 Å². The van der Waals surface area contributed by atoms with E-state index >= 15 is 4.39 Å². The Morgan fingerprint density at radius 3 is 2.62 bits per heavy atom. The first-order valence-electron chi connectivity index (χ1n) is 14.8. The molecule has 2 saturated heterocycles. The number of amides is 1. The first-order chi connectivity index (χ1) is 21.7. The smallest absolute Gasteiger partial charge is 0.257 e. The van der Waals surface area contributed by atoms with E-state index in [2.05, 4.69) is 11.1 Å². The number of benzene rings is 2. The highest BCUT2D eigenvalue weighted by molar-refractivity contribution is 7.16. The van der Waals surface area contributed by atoms with Crippen LogP contribution in [0.25, 0.3) is 22.2 Å². The van der Waals surface area contributed by atoms with Gasteiger partial charge in [0.15, 0.2) is 16.5 Å². The minimum Gasteiger partial charge on any atom is -0.387 e. The number of carbonyl (C=O) groups is 1. The summed E-state index contributed by atoms with van der Waals surface area (Å²) < 4.78 is 34.7. The maximum Gasteiger partial charge on any atom is 0.257 e. The third-order valence-corrected chi connectivity index (χ3v) is 9.94. The van der Waals surface area contributed by atoms with E-state index in [-0.39, 0.29) is 24.5 Å². The number of pyridine rings is 1. The number of aromatic nitrogens is 2. The molecule has 2 atom stereocenters. The van der Waals surface area contributed by atoms with Crippen LogP contribution in [0.4, 0.5) is 25.3 Å². The number of ether oxygens (including phenoxy) is 1. The number of piperazine rings is 1. The highest BCUT2D eigenvalue weighted by Gasteiger charge is 2.43. The third-order valence-electron chi connectivity index (χ3n) is 8.90. The highest BCUT2D eigenvalue weighted by atomic mass is 32.1. The molecule has 13 heteroatoms. The normalized spacial score (nSPS) is 21.3. The molecule has 2 N–H and O–H groups in total. The number of fused-ring (bicyclic) bond motifs is 2. The fraction of sp³-hybridized carbons (Fsp3) is 0.375. The average molecular weight is 633 g/mol. The number of halogens is 2. The molecule has 7 rings (SSSR count). The van der Waals surface area contributed by atoms with Crippen LogP contribution in [0.15, 0.2) is 36.4 Å². The molecule has 0 spiro atoms. The van der Waals surface area contributed by atoms with Crippen molar-refractivity contribution in [1.82, 2.24) is 14.9 Å². The third kappa shape index (κ3) is 5.07. The van der Waals surface area contributed by atoms with E-state index in [4.69, 9.17) is 9.72 Å². The summed E-state index contributed by atoms with van der Waals surface area (Å²) in [6.45, 7) is 1.94. The number of aliphatic hydroxyl groups excluding tert-OH is 1. The molecule has 4 aromatic rings. The molecule has 232 valence electrons. The Labute approximate surface area is 261 Å². The standard InChI is InChI=1S/C32H30F2N6O4S/c1-38(31-37-26(25(16-35)45-31)18-2-4-19(33)5-3-18)29-21-6-7-24(41)28(21)36-27-22(29)14-20(15-23(27)34)39-9-11-40(12-10-39)30(42)32(43)8-13-44-17-32/h2-5,14-15,24,41,43H,6-13,17H2,1H3/t24-,32+/m0/s1. The highest BCUT2D eigenvalue weighted by Crippen LogP contribution is 2.45. The van der Waals surface area contributed by atoms with Crippen molar-refractivity contribution < 1.29 is 28.5 Å². The first kappa shape index (κ1) is 29.5. The predicted octanol–water partition coefficient (Wildman–Crippen LogP) is 4.06. The average Bonchev–Trinajstić information content (AvgIpc) is 3.79. The Hall–Kier alpha value is -4.22. The molecule has 4 heterocycles. The molecule has 3 aliphatic rings. The molecule has 2 aromatic heterocycles. The zero-order chi connectivity index (χ0) is 31.5. The van der Waals surface area contributed by atoms with E-state index in [1.165, 1.54) is 29.5 Å². The molecule has 0 saturated carbocycles. The van der Waals surface area contributed by atoms with Crippen LogP contribution < -0.4 is 9.80 Å². The summed E-state index contributed by atoms with van der Waals surface area (Å²) in [6, 6.07) is 11.3. The van der Waals surface area contributed by atoms with Crippen molar-refractivity contribution in [2.24, 2.45) is 0 Å². The minimum atomic E-state index is -1.49. The van der Waals surface area contributed by atoms with E-state index in [0.717, 1.165) is 5.56 Å². The van der Waals surface area contributed by atoms with Gasteiger partial charge in [-0.2, -0.15) is 5.26 Å². The van der Waals surface area contributed by atoms with E-state index in [1.807, 2.05) is 15.9 Å². The van der Waals surface area contributed by atoms with Gasteiger partial charge in [0.05, 0.1) is 30.7 Å². The molecule has 0 radical (unpaired) electrons. The summed E-state index contributed by atoms with van der Waals surface area (Å²) in [5, 5.41) is 32.3. The summed E-state index contributed by atoms with van der Waals surface area (Å²) in [4.78, 5) is 28.1.